The molecule has 0 atom stereocenters. The van der Waals surface area contributed by atoms with E-state index in [2.05, 4.69) is 10.3 Å². The summed E-state index contributed by atoms with van der Waals surface area (Å²) in [6.07, 6.45) is 4.00. The van der Waals surface area contributed by atoms with Gasteiger partial charge in [-0.1, -0.05) is 12.8 Å². The van der Waals surface area contributed by atoms with E-state index in [4.69, 9.17) is 5.73 Å². The lowest BCUT2D eigenvalue weighted by Gasteiger charge is -2.24. The summed E-state index contributed by atoms with van der Waals surface area (Å²) < 4.78 is 0. The minimum atomic E-state index is -0.348. The van der Waals surface area contributed by atoms with Crippen molar-refractivity contribution in [2.75, 3.05) is 11.9 Å². The number of amides is 1. The number of aryl methyl sites for hydroxylation is 1. The number of hydrogen-bond donors (Lipinski definition) is 2. The molecule has 1 saturated carbocycles. The molecule has 0 bridgehead atoms. The summed E-state index contributed by atoms with van der Waals surface area (Å²) in [4.78, 5) is 16.4. The second-order valence-electron chi connectivity index (χ2n) is 4.44. The Labute approximate surface area is 111 Å². The Morgan fingerprint density at radius 1 is 1.59 bits per heavy atom. The lowest BCUT2D eigenvalue weighted by molar-refractivity contribution is -0.124. The van der Waals surface area contributed by atoms with Gasteiger partial charge in [0, 0.05) is 11.9 Å². The molecule has 1 fully saturated rings. The van der Waals surface area contributed by atoms with Gasteiger partial charge < -0.3 is 11.1 Å². The average molecular weight is 276 g/mol. The molecule has 0 unspecified atom stereocenters. The third-order valence-electron chi connectivity index (χ3n) is 3.27. The van der Waals surface area contributed by atoms with E-state index in [0.29, 0.717) is 11.7 Å². The number of hydrogen-bond acceptors (Lipinski definition) is 4. The van der Waals surface area contributed by atoms with Crippen molar-refractivity contribution in [1.29, 1.82) is 0 Å². The van der Waals surface area contributed by atoms with Gasteiger partial charge in [0.05, 0.1) is 11.1 Å². The summed E-state index contributed by atoms with van der Waals surface area (Å²) in [5.74, 6) is 0.0434. The molecular weight excluding hydrogens is 258 g/mol. The van der Waals surface area contributed by atoms with Gasteiger partial charge in [-0.3, -0.25) is 4.79 Å². The molecule has 1 aromatic heterocycles. The van der Waals surface area contributed by atoms with E-state index in [1.807, 2.05) is 12.3 Å². The maximum absolute atomic E-state index is 12.2. The van der Waals surface area contributed by atoms with Crippen LogP contribution < -0.4 is 11.1 Å². The largest absolute Gasteiger partial charge is 0.329 e. The van der Waals surface area contributed by atoms with E-state index < -0.39 is 0 Å². The predicted octanol–water partition coefficient (Wildman–Crippen LogP) is 2.33. The first-order valence-corrected chi connectivity index (χ1v) is 6.48. The number of halogens is 1. The maximum Gasteiger partial charge on any atom is 0.233 e. The Balaban J connectivity index is 0.00000144. The molecule has 1 aromatic rings. The van der Waals surface area contributed by atoms with Gasteiger partial charge in [0.2, 0.25) is 5.91 Å². The number of nitrogens with one attached hydrogen (secondary N) is 1. The van der Waals surface area contributed by atoms with Crippen LogP contribution in [0.4, 0.5) is 5.13 Å². The third kappa shape index (κ3) is 2.97. The summed E-state index contributed by atoms with van der Waals surface area (Å²) in [7, 11) is 0. The number of thiazole rings is 1. The van der Waals surface area contributed by atoms with Crippen LogP contribution in [0.5, 0.6) is 0 Å². The summed E-state index contributed by atoms with van der Waals surface area (Å²) >= 11 is 1.46. The Morgan fingerprint density at radius 3 is 2.71 bits per heavy atom. The SMILES string of the molecule is Cc1csc(NC(=O)C2(CN)CCCC2)n1.Cl. The van der Waals surface area contributed by atoms with Crippen molar-refractivity contribution in [3.05, 3.63) is 11.1 Å². The zero-order valence-electron chi connectivity index (χ0n) is 9.86. The topological polar surface area (TPSA) is 68.0 Å². The minimum absolute atomic E-state index is 0. The lowest BCUT2D eigenvalue weighted by atomic mass is 9.85. The summed E-state index contributed by atoms with van der Waals surface area (Å²) in [5.41, 5.74) is 6.34. The lowest BCUT2D eigenvalue weighted by Crippen LogP contribution is -2.40. The van der Waals surface area contributed by atoms with E-state index in [1.165, 1.54) is 11.3 Å². The molecule has 0 saturated heterocycles. The second-order valence-corrected chi connectivity index (χ2v) is 5.30. The third-order valence-corrected chi connectivity index (χ3v) is 4.15. The highest BCUT2D eigenvalue weighted by atomic mass is 35.5. The number of carbonyl (C=O) groups excluding carboxylic acids is 1. The Morgan fingerprint density at radius 2 is 2.24 bits per heavy atom. The van der Waals surface area contributed by atoms with Crippen LogP contribution in [-0.4, -0.2) is 17.4 Å². The van der Waals surface area contributed by atoms with Crippen molar-refractivity contribution in [3.8, 4) is 0 Å². The fourth-order valence-electron chi connectivity index (χ4n) is 2.22. The van der Waals surface area contributed by atoms with E-state index in [9.17, 15) is 4.79 Å². The Bertz CT molecular complexity index is 388. The normalized spacial score (nSPS) is 17.5. The standard InChI is InChI=1S/C11H17N3OS.ClH/c1-8-6-16-10(13-8)14-9(15)11(7-12)4-2-3-5-11;/h6H,2-5,7,12H2,1H3,(H,13,14,15);1H. The van der Waals surface area contributed by atoms with Crippen LogP contribution >= 0.6 is 23.7 Å². The molecule has 1 aliphatic carbocycles. The summed E-state index contributed by atoms with van der Waals surface area (Å²) in [6, 6.07) is 0. The highest BCUT2D eigenvalue weighted by Gasteiger charge is 2.40. The zero-order chi connectivity index (χ0) is 11.6. The smallest absolute Gasteiger partial charge is 0.233 e. The first-order chi connectivity index (χ1) is 7.66. The van der Waals surface area contributed by atoms with Crippen LogP contribution in [-0.2, 0) is 4.79 Å². The predicted molar refractivity (Wildman–Crippen MR) is 72.7 cm³/mol. The van der Waals surface area contributed by atoms with Crippen molar-refractivity contribution in [1.82, 2.24) is 4.98 Å². The van der Waals surface area contributed by atoms with Crippen LogP contribution in [0.1, 0.15) is 31.4 Å². The molecule has 1 heterocycles. The van der Waals surface area contributed by atoms with E-state index >= 15 is 0 Å². The molecule has 17 heavy (non-hydrogen) atoms. The van der Waals surface area contributed by atoms with E-state index in [0.717, 1.165) is 31.4 Å². The minimum Gasteiger partial charge on any atom is -0.329 e. The van der Waals surface area contributed by atoms with Gasteiger partial charge in [0.15, 0.2) is 5.13 Å². The summed E-state index contributed by atoms with van der Waals surface area (Å²) in [6.45, 7) is 2.35. The molecule has 2 rings (SSSR count). The molecule has 4 nitrogen and oxygen atoms in total. The maximum atomic E-state index is 12.2. The molecule has 0 spiro atoms. The molecule has 6 heteroatoms. The highest BCUT2D eigenvalue weighted by molar-refractivity contribution is 7.13. The number of nitrogens with zero attached hydrogens (tertiary/aromatic N) is 1. The molecule has 1 amide bonds. The molecule has 0 radical (unpaired) electrons. The zero-order valence-corrected chi connectivity index (χ0v) is 11.5. The number of carbonyl (C=O) groups is 1. The average Bonchev–Trinajstić information content (AvgIpc) is 2.88. The van der Waals surface area contributed by atoms with Crippen LogP contribution in [0, 0.1) is 12.3 Å². The van der Waals surface area contributed by atoms with Crippen LogP contribution in [0.2, 0.25) is 0 Å². The number of rotatable bonds is 3. The fraction of sp³-hybridized carbons (Fsp3) is 0.636. The fourth-order valence-corrected chi connectivity index (χ4v) is 2.90. The van der Waals surface area contributed by atoms with Crippen molar-refractivity contribution < 1.29 is 4.79 Å². The Hall–Kier alpha value is -0.650. The Kier molecular flexibility index (Phi) is 4.91. The molecule has 1 aliphatic rings. The van der Waals surface area contributed by atoms with Gasteiger partial charge in [-0.25, -0.2) is 4.98 Å². The molecule has 0 aliphatic heterocycles. The van der Waals surface area contributed by atoms with Gasteiger partial charge in [0.1, 0.15) is 0 Å². The molecular formula is C11H18ClN3OS. The van der Waals surface area contributed by atoms with Crippen LogP contribution in [0.25, 0.3) is 0 Å². The van der Waals surface area contributed by atoms with E-state index in [-0.39, 0.29) is 23.7 Å². The number of aromatic nitrogens is 1. The number of anilines is 1. The van der Waals surface area contributed by atoms with E-state index in [1.54, 1.807) is 0 Å². The van der Waals surface area contributed by atoms with Gasteiger partial charge in [-0.2, -0.15) is 0 Å². The van der Waals surface area contributed by atoms with Gasteiger partial charge in [-0.05, 0) is 19.8 Å². The van der Waals surface area contributed by atoms with Crippen LogP contribution in [0.15, 0.2) is 5.38 Å². The van der Waals surface area contributed by atoms with Gasteiger partial charge >= 0.3 is 0 Å². The monoisotopic (exact) mass is 275 g/mol. The molecule has 3 N–H and O–H groups in total. The molecule has 0 aromatic carbocycles. The first kappa shape index (κ1) is 14.4. The first-order valence-electron chi connectivity index (χ1n) is 5.60. The highest BCUT2D eigenvalue weighted by Crippen LogP contribution is 2.38. The van der Waals surface area contributed by atoms with Crippen molar-refractivity contribution in [3.63, 3.8) is 0 Å². The van der Waals surface area contributed by atoms with Gasteiger partial charge in [-0.15, -0.1) is 23.7 Å². The second kappa shape index (κ2) is 5.80. The number of nitrogens with two attached hydrogens (primary N) is 1. The van der Waals surface area contributed by atoms with Gasteiger partial charge in [0.25, 0.3) is 0 Å². The van der Waals surface area contributed by atoms with Crippen molar-refractivity contribution >= 4 is 34.8 Å². The summed E-state index contributed by atoms with van der Waals surface area (Å²) in [5, 5.41) is 5.50. The molecule has 96 valence electrons. The van der Waals surface area contributed by atoms with Crippen molar-refractivity contribution in [2.24, 2.45) is 11.1 Å². The quantitative estimate of drug-likeness (QED) is 0.890. The van der Waals surface area contributed by atoms with Crippen molar-refractivity contribution in [2.45, 2.75) is 32.6 Å². The van der Waals surface area contributed by atoms with Crippen LogP contribution in [0.3, 0.4) is 0 Å².